The second kappa shape index (κ2) is 9.02. The molecule has 3 aromatic heterocycles. The quantitative estimate of drug-likeness (QED) is 0.347. The predicted octanol–water partition coefficient (Wildman–Crippen LogP) is 2.70. The number of alkyl halides is 1. The third-order valence-corrected chi connectivity index (χ3v) is 8.31. The molecule has 1 atom stereocenters. The van der Waals surface area contributed by atoms with Crippen LogP contribution in [0.3, 0.4) is 0 Å². The van der Waals surface area contributed by atoms with Gasteiger partial charge in [0.15, 0.2) is 0 Å². The lowest BCUT2D eigenvalue weighted by molar-refractivity contribution is 0.221. The van der Waals surface area contributed by atoms with Crippen molar-refractivity contribution >= 4 is 26.5 Å². The van der Waals surface area contributed by atoms with E-state index >= 15 is 0 Å². The summed E-state index contributed by atoms with van der Waals surface area (Å²) < 4.78 is 44.0. The van der Waals surface area contributed by atoms with Crippen molar-refractivity contribution in [2.45, 2.75) is 62.1 Å². The highest BCUT2D eigenvalue weighted by Crippen LogP contribution is 2.42. The Kier molecular flexibility index (Phi) is 5.87. The van der Waals surface area contributed by atoms with E-state index < -0.39 is 15.7 Å². The molecular weight excluding hydrogens is 509 g/mol. The Hall–Kier alpha value is -3.58. The lowest BCUT2D eigenvalue weighted by atomic mass is 10.0. The van der Waals surface area contributed by atoms with E-state index in [0.717, 1.165) is 35.0 Å². The molecule has 2 N–H and O–H groups in total. The van der Waals surface area contributed by atoms with E-state index in [1.165, 1.54) is 18.6 Å². The summed E-state index contributed by atoms with van der Waals surface area (Å²) >= 11 is 0. The summed E-state index contributed by atoms with van der Waals surface area (Å²) in [4.78, 5) is 14.8. The van der Waals surface area contributed by atoms with Crippen LogP contribution in [-0.2, 0) is 29.9 Å². The number of fused-ring (bicyclic) bond motifs is 2. The Morgan fingerprint density at radius 1 is 1.08 bits per heavy atom. The van der Waals surface area contributed by atoms with Crippen molar-refractivity contribution in [3.05, 3.63) is 47.5 Å². The molecule has 4 aromatic rings. The fourth-order valence-corrected chi connectivity index (χ4v) is 6.53. The maximum Gasteiger partial charge on any atom is 0.242 e. The van der Waals surface area contributed by atoms with E-state index in [4.69, 9.17) is 0 Å². The van der Waals surface area contributed by atoms with Crippen molar-refractivity contribution in [2.75, 3.05) is 11.9 Å². The highest BCUT2D eigenvalue weighted by molar-refractivity contribution is 7.89. The van der Waals surface area contributed by atoms with Gasteiger partial charge in [-0.3, -0.25) is 4.98 Å². The normalized spacial score (nSPS) is 17.6. The Morgan fingerprint density at radius 2 is 1.84 bits per heavy atom. The molecule has 198 valence electrons. The number of aryl methyl sites for hydroxylation is 1. The SMILES string of the molecule is Cn1nnc(-c2ncc(N[C@@H]3Cc4cc5cnc(C6CC6)cc5c(S(=O)(=O)NCC(C)(C)F)c4C3)cn2)n1. The fourth-order valence-electron chi connectivity index (χ4n) is 4.84. The second-order valence-corrected chi connectivity index (χ2v) is 12.3. The highest BCUT2D eigenvalue weighted by Gasteiger charge is 2.33. The first kappa shape index (κ1) is 24.7. The van der Waals surface area contributed by atoms with Crippen LogP contribution in [0.2, 0.25) is 0 Å². The van der Waals surface area contributed by atoms with E-state index in [9.17, 15) is 12.8 Å². The van der Waals surface area contributed by atoms with Crippen molar-refractivity contribution in [3.8, 4) is 11.6 Å². The number of sulfonamides is 1. The summed E-state index contributed by atoms with van der Waals surface area (Å²) in [5.41, 5.74) is 1.59. The number of hydrogen-bond acceptors (Lipinski definition) is 9. The second-order valence-electron chi connectivity index (χ2n) is 10.6. The molecule has 0 spiro atoms. The number of hydrogen-bond donors (Lipinski definition) is 2. The lowest BCUT2D eigenvalue weighted by Gasteiger charge is -2.18. The minimum Gasteiger partial charge on any atom is -0.379 e. The number of benzene rings is 1. The van der Waals surface area contributed by atoms with Gasteiger partial charge < -0.3 is 5.32 Å². The van der Waals surface area contributed by atoms with Crippen LogP contribution in [0.15, 0.2) is 35.6 Å². The molecule has 1 fully saturated rings. The van der Waals surface area contributed by atoms with Gasteiger partial charge in [0.05, 0.1) is 30.0 Å². The van der Waals surface area contributed by atoms with Crippen LogP contribution in [0.1, 0.15) is 49.4 Å². The Balaban J connectivity index is 1.32. The number of nitrogens with zero attached hydrogens (tertiary/aromatic N) is 7. The van der Waals surface area contributed by atoms with Crippen LogP contribution in [0.25, 0.3) is 22.4 Å². The van der Waals surface area contributed by atoms with Crippen molar-refractivity contribution in [2.24, 2.45) is 7.05 Å². The lowest BCUT2D eigenvalue weighted by Crippen LogP contribution is -2.36. The minimum atomic E-state index is -3.99. The van der Waals surface area contributed by atoms with E-state index in [1.54, 1.807) is 25.6 Å². The number of aromatic nitrogens is 7. The van der Waals surface area contributed by atoms with E-state index in [2.05, 4.69) is 40.4 Å². The molecule has 1 saturated carbocycles. The monoisotopic (exact) mass is 537 g/mol. The maximum atomic E-state index is 14.3. The zero-order chi connectivity index (χ0) is 26.7. The molecule has 13 heteroatoms. The van der Waals surface area contributed by atoms with Crippen molar-refractivity contribution in [3.63, 3.8) is 0 Å². The molecular formula is C25H28FN9O2S. The number of anilines is 1. The zero-order valence-corrected chi connectivity index (χ0v) is 22.1. The summed E-state index contributed by atoms with van der Waals surface area (Å²) in [6.45, 7) is 2.39. The van der Waals surface area contributed by atoms with Gasteiger partial charge in [-0.1, -0.05) is 0 Å². The molecule has 2 aliphatic rings. The topological polar surface area (TPSA) is 140 Å². The van der Waals surface area contributed by atoms with Gasteiger partial charge >= 0.3 is 0 Å². The zero-order valence-electron chi connectivity index (χ0n) is 21.3. The average Bonchev–Trinajstić information content (AvgIpc) is 3.51. The molecule has 1 aromatic carbocycles. The fraction of sp³-hybridized carbons (Fsp3) is 0.440. The van der Waals surface area contributed by atoms with Gasteiger partial charge in [0.1, 0.15) is 5.67 Å². The van der Waals surface area contributed by atoms with Crippen LogP contribution in [0.5, 0.6) is 0 Å². The molecule has 0 amide bonds. The molecule has 0 aliphatic heterocycles. The molecule has 0 saturated heterocycles. The van der Waals surface area contributed by atoms with E-state index in [0.29, 0.717) is 41.5 Å². The summed E-state index contributed by atoms with van der Waals surface area (Å²) in [5, 5.41) is 16.6. The molecule has 11 nitrogen and oxygen atoms in total. The predicted molar refractivity (Wildman–Crippen MR) is 139 cm³/mol. The summed E-state index contributed by atoms with van der Waals surface area (Å²) in [6, 6.07) is 3.84. The van der Waals surface area contributed by atoms with Gasteiger partial charge in [-0.2, -0.15) is 4.80 Å². The molecule has 3 heterocycles. The number of tetrazole rings is 1. The van der Waals surface area contributed by atoms with Gasteiger partial charge in [-0.15, -0.1) is 10.2 Å². The standard InChI is InChI=1S/C25H28FN9O2S/c1-25(2,26)13-30-38(36,37)22-19-8-17(31-18-11-28-23(29-12-18)24-32-34-35(3)33-24)7-15(19)6-16-10-27-21(9-20(16)22)14-4-5-14/h6,9-12,14,17,30-31H,4-5,7-8,13H2,1-3H3/t17-/m1/s1. The van der Waals surface area contributed by atoms with Crippen LogP contribution in [0, 0.1) is 0 Å². The molecule has 0 unspecified atom stereocenters. The Morgan fingerprint density at radius 3 is 2.50 bits per heavy atom. The minimum absolute atomic E-state index is 0.0756. The first-order chi connectivity index (χ1) is 18.1. The van der Waals surface area contributed by atoms with Crippen LogP contribution < -0.4 is 10.0 Å². The number of pyridine rings is 1. The van der Waals surface area contributed by atoms with E-state index in [-0.39, 0.29) is 17.5 Å². The van der Waals surface area contributed by atoms with Crippen LogP contribution >= 0.6 is 0 Å². The molecule has 0 bridgehead atoms. The number of nitrogens with one attached hydrogen (secondary N) is 2. The van der Waals surface area contributed by atoms with Gasteiger partial charge in [0.2, 0.25) is 21.7 Å². The number of halogens is 1. The summed E-state index contributed by atoms with van der Waals surface area (Å²) in [5.74, 6) is 1.06. The molecule has 6 rings (SSSR count). The highest BCUT2D eigenvalue weighted by atomic mass is 32.2. The summed E-state index contributed by atoms with van der Waals surface area (Å²) in [7, 11) is -2.32. The molecule has 38 heavy (non-hydrogen) atoms. The van der Waals surface area contributed by atoms with Gasteiger partial charge in [-0.05, 0) is 68.0 Å². The van der Waals surface area contributed by atoms with Crippen molar-refractivity contribution in [1.29, 1.82) is 0 Å². The van der Waals surface area contributed by atoms with Gasteiger partial charge in [0, 0.05) is 41.2 Å². The largest absolute Gasteiger partial charge is 0.379 e. The third-order valence-electron chi connectivity index (χ3n) is 6.79. The molecule has 2 aliphatic carbocycles. The van der Waals surface area contributed by atoms with Gasteiger partial charge in [-0.25, -0.2) is 27.5 Å². The van der Waals surface area contributed by atoms with Crippen molar-refractivity contribution in [1.82, 2.24) is 39.9 Å². The van der Waals surface area contributed by atoms with Gasteiger partial charge in [0.25, 0.3) is 0 Å². The third kappa shape index (κ3) is 4.95. The molecule has 0 radical (unpaired) electrons. The van der Waals surface area contributed by atoms with Crippen LogP contribution in [-0.4, -0.2) is 61.8 Å². The number of rotatable bonds is 8. The van der Waals surface area contributed by atoms with E-state index in [1.807, 2.05) is 12.1 Å². The Labute approximate surface area is 219 Å². The van der Waals surface area contributed by atoms with Crippen LogP contribution in [0.4, 0.5) is 10.1 Å². The first-order valence-electron chi connectivity index (χ1n) is 12.5. The van der Waals surface area contributed by atoms with Crippen molar-refractivity contribution < 1.29 is 12.8 Å². The summed E-state index contributed by atoms with van der Waals surface area (Å²) in [6.07, 6.45) is 8.25. The average molecular weight is 538 g/mol. The smallest absolute Gasteiger partial charge is 0.242 e. The first-order valence-corrected chi connectivity index (χ1v) is 14.0. The maximum absolute atomic E-state index is 14.3. The Bertz CT molecular complexity index is 1630.